The van der Waals surface area contributed by atoms with Gasteiger partial charge in [-0.1, -0.05) is 6.42 Å². The SMILES string of the molecule is CC(=O)O[C@H]1CC2CCCC1N2. The quantitative estimate of drug-likeness (QED) is 0.591. The van der Waals surface area contributed by atoms with Crippen molar-refractivity contribution in [2.75, 3.05) is 0 Å². The van der Waals surface area contributed by atoms with Crippen molar-refractivity contribution >= 4 is 5.97 Å². The molecule has 0 aliphatic carbocycles. The molecule has 2 saturated heterocycles. The van der Waals surface area contributed by atoms with Crippen LogP contribution in [0.25, 0.3) is 0 Å². The van der Waals surface area contributed by atoms with Crippen LogP contribution in [0.3, 0.4) is 0 Å². The molecule has 0 aromatic rings. The summed E-state index contributed by atoms with van der Waals surface area (Å²) in [6.45, 7) is 1.49. The Hall–Kier alpha value is -0.570. The lowest BCUT2D eigenvalue weighted by atomic mass is 10.1. The van der Waals surface area contributed by atoms with Crippen molar-refractivity contribution in [2.24, 2.45) is 0 Å². The number of hydrogen-bond donors (Lipinski definition) is 1. The van der Waals surface area contributed by atoms with E-state index < -0.39 is 0 Å². The van der Waals surface area contributed by atoms with Gasteiger partial charge in [0.25, 0.3) is 0 Å². The highest BCUT2D eigenvalue weighted by Crippen LogP contribution is 2.28. The second-order valence-corrected chi connectivity index (χ2v) is 3.78. The van der Waals surface area contributed by atoms with Gasteiger partial charge in [-0.3, -0.25) is 4.79 Å². The van der Waals surface area contributed by atoms with Gasteiger partial charge in [0.1, 0.15) is 6.10 Å². The van der Waals surface area contributed by atoms with E-state index in [0.29, 0.717) is 12.1 Å². The Morgan fingerprint density at radius 1 is 1.50 bits per heavy atom. The maximum Gasteiger partial charge on any atom is 0.302 e. The number of piperidine rings is 1. The summed E-state index contributed by atoms with van der Waals surface area (Å²) in [7, 11) is 0. The molecule has 1 N–H and O–H groups in total. The van der Waals surface area contributed by atoms with Crippen molar-refractivity contribution in [3.05, 3.63) is 0 Å². The molecular weight excluding hydrogens is 154 g/mol. The summed E-state index contributed by atoms with van der Waals surface area (Å²) >= 11 is 0. The summed E-state index contributed by atoms with van der Waals surface area (Å²) < 4.78 is 5.22. The molecule has 0 aromatic heterocycles. The number of fused-ring (bicyclic) bond motifs is 2. The van der Waals surface area contributed by atoms with Crippen LogP contribution in [0, 0.1) is 0 Å². The van der Waals surface area contributed by atoms with Crippen molar-refractivity contribution in [3.8, 4) is 0 Å². The molecule has 0 radical (unpaired) electrons. The average molecular weight is 169 g/mol. The summed E-state index contributed by atoms with van der Waals surface area (Å²) in [4.78, 5) is 10.7. The van der Waals surface area contributed by atoms with Gasteiger partial charge in [-0.25, -0.2) is 0 Å². The van der Waals surface area contributed by atoms with Crippen molar-refractivity contribution in [3.63, 3.8) is 0 Å². The Kier molecular flexibility index (Phi) is 2.05. The van der Waals surface area contributed by atoms with E-state index in [0.717, 1.165) is 12.8 Å². The van der Waals surface area contributed by atoms with Crippen LogP contribution < -0.4 is 5.32 Å². The Morgan fingerprint density at radius 2 is 2.33 bits per heavy atom. The number of carbonyl (C=O) groups is 1. The molecule has 2 aliphatic rings. The molecule has 2 heterocycles. The second-order valence-electron chi connectivity index (χ2n) is 3.78. The summed E-state index contributed by atoms with van der Waals surface area (Å²) in [5.41, 5.74) is 0. The number of ether oxygens (including phenoxy) is 1. The first-order valence-corrected chi connectivity index (χ1v) is 4.69. The van der Waals surface area contributed by atoms with E-state index in [1.54, 1.807) is 0 Å². The lowest BCUT2D eigenvalue weighted by Gasteiger charge is -2.22. The van der Waals surface area contributed by atoms with Crippen molar-refractivity contribution < 1.29 is 9.53 Å². The number of carbonyl (C=O) groups excluding carboxylic acids is 1. The van der Waals surface area contributed by atoms with E-state index in [-0.39, 0.29) is 12.1 Å². The first-order chi connectivity index (χ1) is 5.75. The minimum atomic E-state index is -0.144. The predicted molar refractivity (Wildman–Crippen MR) is 44.7 cm³/mol. The molecule has 2 rings (SSSR count). The summed E-state index contributed by atoms with van der Waals surface area (Å²) in [5.74, 6) is -0.144. The lowest BCUT2D eigenvalue weighted by Crippen LogP contribution is -2.38. The average Bonchev–Trinajstić information content (AvgIpc) is 2.26. The zero-order valence-corrected chi connectivity index (χ0v) is 7.38. The summed E-state index contributed by atoms with van der Waals surface area (Å²) in [5, 5.41) is 3.47. The van der Waals surface area contributed by atoms with Crippen LogP contribution in [-0.2, 0) is 9.53 Å². The van der Waals surface area contributed by atoms with Gasteiger partial charge in [0, 0.05) is 25.4 Å². The van der Waals surface area contributed by atoms with Gasteiger partial charge < -0.3 is 10.1 Å². The summed E-state index contributed by atoms with van der Waals surface area (Å²) in [6.07, 6.45) is 4.85. The van der Waals surface area contributed by atoms with Crippen LogP contribution in [0.5, 0.6) is 0 Å². The maximum absolute atomic E-state index is 10.7. The fourth-order valence-corrected chi connectivity index (χ4v) is 2.32. The van der Waals surface area contributed by atoms with E-state index in [1.807, 2.05) is 0 Å². The third-order valence-electron chi connectivity index (χ3n) is 2.80. The maximum atomic E-state index is 10.7. The summed E-state index contributed by atoms with van der Waals surface area (Å²) in [6, 6.07) is 1.04. The van der Waals surface area contributed by atoms with E-state index in [9.17, 15) is 4.79 Å². The fraction of sp³-hybridized carbons (Fsp3) is 0.889. The number of nitrogens with one attached hydrogen (secondary N) is 1. The fourth-order valence-electron chi connectivity index (χ4n) is 2.32. The zero-order valence-electron chi connectivity index (χ0n) is 7.38. The van der Waals surface area contributed by atoms with Crippen LogP contribution in [0.2, 0.25) is 0 Å². The van der Waals surface area contributed by atoms with Gasteiger partial charge in [0.2, 0.25) is 0 Å². The van der Waals surface area contributed by atoms with Crippen LogP contribution in [0.4, 0.5) is 0 Å². The van der Waals surface area contributed by atoms with E-state index in [4.69, 9.17) is 4.74 Å². The van der Waals surface area contributed by atoms with Gasteiger partial charge in [-0.2, -0.15) is 0 Å². The molecule has 0 amide bonds. The largest absolute Gasteiger partial charge is 0.461 e. The third-order valence-corrected chi connectivity index (χ3v) is 2.80. The minimum absolute atomic E-state index is 0.144. The Labute approximate surface area is 72.5 Å². The molecule has 2 unspecified atom stereocenters. The Morgan fingerprint density at radius 3 is 3.00 bits per heavy atom. The van der Waals surface area contributed by atoms with Gasteiger partial charge in [-0.15, -0.1) is 0 Å². The highest BCUT2D eigenvalue weighted by Gasteiger charge is 2.38. The molecule has 3 heteroatoms. The normalized spacial score (nSPS) is 39.6. The Bertz CT molecular complexity index is 193. The number of hydrogen-bond acceptors (Lipinski definition) is 3. The van der Waals surface area contributed by atoms with E-state index in [1.165, 1.54) is 19.8 Å². The van der Waals surface area contributed by atoms with Crippen LogP contribution in [0.15, 0.2) is 0 Å². The Balaban J connectivity index is 1.95. The van der Waals surface area contributed by atoms with E-state index in [2.05, 4.69) is 5.32 Å². The molecule has 2 bridgehead atoms. The molecule has 0 spiro atoms. The molecule has 0 saturated carbocycles. The molecule has 2 aliphatic heterocycles. The molecule has 0 aromatic carbocycles. The van der Waals surface area contributed by atoms with E-state index >= 15 is 0 Å². The van der Waals surface area contributed by atoms with Gasteiger partial charge in [0.05, 0.1) is 0 Å². The molecule has 2 fully saturated rings. The molecular formula is C9H15NO2. The monoisotopic (exact) mass is 169 g/mol. The highest BCUT2D eigenvalue weighted by molar-refractivity contribution is 5.66. The second kappa shape index (κ2) is 3.05. The smallest absolute Gasteiger partial charge is 0.302 e. The van der Waals surface area contributed by atoms with Crippen LogP contribution >= 0.6 is 0 Å². The lowest BCUT2D eigenvalue weighted by molar-refractivity contribution is -0.146. The number of esters is 1. The standard InChI is InChI=1S/C9H15NO2/c1-6(11)12-9-5-7-3-2-4-8(9)10-7/h7-10H,2-5H2,1H3/t7?,8?,9-/m0/s1. The van der Waals surface area contributed by atoms with Gasteiger partial charge in [0.15, 0.2) is 0 Å². The van der Waals surface area contributed by atoms with Gasteiger partial charge >= 0.3 is 5.97 Å². The first kappa shape index (κ1) is 8.05. The topological polar surface area (TPSA) is 38.3 Å². The van der Waals surface area contributed by atoms with Crippen molar-refractivity contribution in [2.45, 2.75) is 50.8 Å². The third kappa shape index (κ3) is 1.46. The van der Waals surface area contributed by atoms with Crippen molar-refractivity contribution in [1.82, 2.24) is 5.32 Å². The minimum Gasteiger partial charge on any atom is -0.461 e. The highest BCUT2D eigenvalue weighted by atomic mass is 16.5. The molecule has 12 heavy (non-hydrogen) atoms. The predicted octanol–water partition coefficient (Wildman–Crippen LogP) is 0.833. The zero-order chi connectivity index (χ0) is 8.55. The number of rotatable bonds is 1. The first-order valence-electron chi connectivity index (χ1n) is 4.69. The van der Waals surface area contributed by atoms with Crippen LogP contribution in [0.1, 0.15) is 32.6 Å². The molecule has 3 atom stereocenters. The molecule has 68 valence electrons. The van der Waals surface area contributed by atoms with Crippen LogP contribution in [-0.4, -0.2) is 24.2 Å². The van der Waals surface area contributed by atoms with Crippen molar-refractivity contribution in [1.29, 1.82) is 0 Å². The van der Waals surface area contributed by atoms with Gasteiger partial charge in [-0.05, 0) is 12.8 Å². The molecule has 3 nitrogen and oxygen atoms in total.